The van der Waals surface area contributed by atoms with E-state index in [-0.39, 0.29) is 23.4 Å². The van der Waals surface area contributed by atoms with Crippen molar-refractivity contribution in [3.05, 3.63) is 41.8 Å². The molecule has 1 aliphatic rings. The van der Waals surface area contributed by atoms with Crippen LogP contribution in [0.15, 0.2) is 30.3 Å². The van der Waals surface area contributed by atoms with Crippen LogP contribution in [0.25, 0.3) is 0 Å². The van der Waals surface area contributed by atoms with Gasteiger partial charge < -0.3 is 20.1 Å². The topological polar surface area (TPSA) is 90.6 Å². The van der Waals surface area contributed by atoms with Gasteiger partial charge in [-0.1, -0.05) is 0 Å². The lowest BCUT2D eigenvalue weighted by Gasteiger charge is -2.39. The van der Waals surface area contributed by atoms with Gasteiger partial charge in [0.25, 0.3) is 0 Å². The highest BCUT2D eigenvalue weighted by molar-refractivity contribution is 5.88. The highest BCUT2D eigenvalue weighted by atomic mass is 19.1. The summed E-state index contributed by atoms with van der Waals surface area (Å²) in [4.78, 5) is 21.6. The summed E-state index contributed by atoms with van der Waals surface area (Å²) in [6.45, 7) is 1.09. The molecule has 120 valence electrons. The predicted molar refractivity (Wildman–Crippen MR) is 80.8 cm³/mol. The second kappa shape index (κ2) is 6.07. The van der Waals surface area contributed by atoms with Crippen molar-refractivity contribution in [3.63, 3.8) is 0 Å². The molecule has 1 saturated heterocycles. The van der Waals surface area contributed by atoms with E-state index >= 15 is 0 Å². The van der Waals surface area contributed by atoms with Crippen molar-refractivity contribution >= 4 is 17.7 Å². The average Bonchev–Trinajstić information content (AvgIpc) is 2.50. The van der Waals surface area contributed by atoms with Gasteiger partial charge in [-0.25, -0.2) is 14.2 Å². The molecule has 0 saturated carbocycles. The van der Waals surface area contributed by atoms with Crippen LogP contribution >= 0.6 is 0 Å². The first-order chi connectivity index (χ1) is 11.0. The van der Waals surface area contributed by atoms with E-state index < -0.39 is 5.97 Å². The summed E-state index contributed by atoms with van der Waals surface area (Å²) in [7, 11) is 1.27. The van der Waals surface area contributed by atoms with E-state index in [1.807, 2.05) is 4.90 Å². The normalized spacial score (nSPS) is 14.3. The van der Waals surface area contributed by atoms with Crippen LogP contribution in [0, 0.1) is 5.82 Å². The number of halogens is 1. The highest BCUT2D eigenvalue weighted by Crippen LogP contribution is 2.23. The van der Waals surface area contributed by atoms with Gasteiger partial charge in [0, 0.05) is 6.07 Å². The number of carbonyl (C=O) groups is 1. The summed E-state index contributed by atoms with van der Waals surface area (Å²) < 4.78 is 23.2. The number of nitrogens with zero attached hydrogens (tertiary/aromatic N) is 3. The lowest BCUT2D eigenvalue weighted by atomic mass is 10.2. The van der Waals surface area contributed by atoms with Crippen molar-refractivity contribution in [2.75, 3.05) is 30.8 Å². The van der Waals surface area contributed by atoms with Gasteiger partial charge in [-0.3, -0.25) is 0 Å². The quantitative estimate of drug-likeness (QED) is 0.848. The minimum absolute atomic E-state index is 0.0629. The number of hydrogen-bond donors (Lipinski definition) is 1. The lowest BCUT2D eigenvalue weighted by Crippen LogP contribution is -2.54. The molecule has 1 aliphatic heterocycles. The monoisotopic (exact) mass is 318 g/mol. The molecule has 2 heterocycles. The molecule has 0 bridgehead atoms. The molecule has 7 nitrogen and oxygen atoms in total. The Morgan fingerprint density at radius 2 is 2.00 bits per heavy atom. The Morgan fingerprint density at radius 3 is 2.65 bits per heavy atom. The van der Waals surface area contributed by atoms with Gasteiger partial charge >= 0.3 is 5.97 Å². The third-order valence-corrected chi connectivity index (χ3v) is 3.38. The van der Waals surface area contributed by atoms with Gasteiger partial charge in [0.15, 0.2) is 5.69 Å². The number of esters is 1. The molecule has 0 unspecified atom stereocenters. The summed E-state index contributed by atoms with van der Waals surface area (Å²) in [5.74, 6) is 0.263. The maximum atomic E-state index is 12.8. The van der Waals surface area contributed by atoms with E-state index in [9.17, 15) is 9.18 Å². The van der Waals surface area contributed by atoms with Crippen molar-refractivity contribution in [1.29, 1.82) is 0 Å². The lowest BCUT2D eigenvalue weighted by molar-refractivity contribution is 0.0594. The Balaban J connectivity index is 1.63. The van der Waals surface area contributed by atoms with Crippen LogP contribution in [0.4, 0.5) is 16.2 Å². The van der Waals surface area contributed by atoms with Crippen molar-refractivity contribution in [2.45, 2.75) is 6.10 Å². The fraction of sp³-hybridized carbons (Fsp3) is 0.267. The summed E-state index contributed by atoms with van der Waals surface area (Å²) >= 11 is 0. The first-order valence-corrected chi connectivity index (χ1v) is 6.95. The Hall–Kier alpha value is -2.90. The first kappa shape index (κ1) is 15.0. The largest absolute Gasteiger partial charge is 0.487 e. The molecular weight excluding hydrogens is 303 g/mol. The minimum atomic E-state index is -0.569. The Labute approximate surface area is 131 Å². The van der Waals surface area contributed by atoms with Crippen LogP contribution in [-0.4, -0.2) is 42.2 Å². The maximum Gasteiger partial charge on any atom is 0.356 e. The van der Waals surface area contributed by atoms with Crippen LogP contribution in [-0.2, 0) is 4.74 Å². The van der Waals surface area contributed by atoms with Crippen LogP contribution in [0.5, 0.6) is 5.75 Å². The third kappa shape index (κ3) is 3.31. The van der Waals surface area contributed by atoms with Gasteiger partial charge in [0.2, 0.25) is 5.95 Å². The molecule has 8 heteroatoms. The molecule has 1 fully saturated rings. The van der Waals surface area contributed by atoms with E-state index in [1.54, 1.807) is 12.1 Å². The number of methoxy groups -OCH3 is 1. The molecular formula is C15H15FN4O3. The van der Waals surface area contributed by atoms with Crippen LogP contribution in [0.2, 0.25) is 0 Å². The fourth-order valence-electron chi connectivity index (χ4n) is 2.18. The molecule has 1 aromatic carbocycles. The van der Waals surface area contributed by atoms with Crippen molar-refractivity contribution in [1.82, 2.24) is 9.97 Å². The molecule has 2 aromatic rings. The first-order valence-electron chi connectivity index (χ1n) is 6.95. The molecule has 0 spiro atoms. The van der Waals surface area contributed by atoms with E-state index in [0.29, 0.717) is 24.8 Å². The molecule has 0 radical (unpaired) electrons. The molecule has 2 N–H and O–H groups in total. The smallest absolute Gasteiger partial charge is 0.356 e. The SMILES string of the molecule is COC(=O)c1cc(N)nc(N2CC(Oc3ccc(F)cc3)C2)n1. The van der Waals surface area contributed by atoms with Crippen LogP contribution < -0.4 is 15.4 Å². The maximum absolute atomic E-state index is 12.8. The zero-order chi connectivity index (χ0) is 16.4. The number of carbonyl (C=O) groups excluding carboxylic acids is 1. The molecule has 0 amide bonds. The van der Waals surface area contributed by atoms with E-state index in [0.717, 1.165) is 0 Å². The van der Waals surface area contributed by atoms with Gasteiger partial charge in [-0.2, -0.15) is 4.98 Å². The fourth-order valence-corrected chi connectivity index (χ4v) is 2.18. The number of nitrogen functional groups attached to an aromatic ring is 1. The zero-order valence-corrected chi connectivity index (χ0v) is 12.4. The van der Waals surface area contributed by atoms with E-state index in [1.165, 1.54) is 25.3 Å². The Morgan fingerprint density at radius 1 is 1.30 bits per heavy atom. The number of hydrogen-bond acceptors (Lipinski definition) is 7. The van der Waals surface area contributed by atoms with Crippen molar-refractivity contribution in [3.8, 4) is 5.75 Å². The molecule has 23 heavy (non-hydrogen) atoms. The Bertz CT molecular complexity index is 717. The predicted octanol–water partition coefficient (Wildman–Crippen LogP) is 1.25. The summed E-state index contributed by atoms with van der Waals surface area (Å²) in [6, 6.07) is 7.20. The minimum Gasteiger partial charge on any atom is -0.487 e. The van der Waals surface area contributed by atoms with Gasteiger partial charge in [0.05, 0.1) is 20.2 Å². The number of anilines is 2. The molecule has 0 atom stereocenters. The second-order valence-corrected chi connectivity index (χ2v) is 5.07. The van der Waals surface area contributed by atoms with Gasteiger partial charge in [-0.05, 0) is 24.3 Å². The summed E-state index contributed by atoms with van der Waals surface area (Å²) in [6.07, 6.45) is -0.0629. The molecule has 3 rings (SSSR count). The average molecular weight is 318 g/mol. The van der Waals surface area contributed by atoms with Gasteiger partial charge in [-0.15, -0.1) is 0 Å². The highest BCUT2D eigenvalue weighted by Gasteiger charge is 2.31. The number of rotatable bonds is 4. The molecule has 0 aliphatic carbocycles. The number of ether oxygens (including phenoxy) is 2. The van der Waals surface area contributed by atoms with Crippen LogP contribution in [0.3, 0.4) is 0 Å². The number of benzene rings is 1. The van der Waals surface area contributed by atoms with Crippen molar-refractivity contribution in [2.24, 2.45) is 0 Å². The second-order valence-electron chi connectivity index (χ2n) is 5.07. The Kier molecular flexibility index (Phi) is 3.96. The van der Waals surface area contributed by atoms with Crippen molar-refractivity contribution < 1.29 is 18.7 Å². The van der Waals surface area contributed by atoms with Gasteiger partial charge in [0.1, 0.15) is 23.5 Å². The standard InChI is InChI=1S/C15H15FN4O3/c1-22-14(21)12-6-13(17)19-15(18-12)20-7-11(8-20)23-10-4-2-9(16)3-5-10/h2-6,11H,7-8H2,1H3,(H2,17,18,19). The number of aromatic nitrogens is 2. The summed E-state index contributed by atoms with van der Waals surface area (Å²) in [5, 5.41) is 0. The third-order valence-electron chi connectivity index (χ3n) is 3.38. The van der Waals surface area contributed by atoms with Crippen LogP contribution in [0.1, 0.15) is 10.5 Å². The zero-order valence-electron chi connectivity index (χ0n) is 12.4. The number of nitrogens with two attached hydrogens (primary N) is 1. The van der Waals surface area contributed by atoms with E-state index in [4.69, 9.17) is 10.5 Å². The molecule has 1 aromatic heterocycles. The summed E-state index contributed by atoms with van der Waals surface area (Å²) in [5.41, 5.74) is 5.80. The van der Waals surface area contributed by atoms with E-state index in [2.05, 4.69) is 14.7 Å².